The summed E-state index contributed by atoms with van der Waals surface area (Å²) in [5.41, 5.74) is 4.86. The van der Waals surface area contributed by atoms with Gasteiger partial charge < -0.3 is 10.2 Å². The van der Waals surface area contributed by atoms with Crippen LogP contribution in [0.3, 0.4) is 0 Å². The van der Waals surface area contributed by atoms with Gasteiger partial charge in [-0.3, -0.25) is 4.68 Å². The molecule has 0 aliphatic rings. The zero-order valence-electron chi connectivity index (χ0n) is 12.1. The third kappa shape index (κ3) is 3.08. The number of hydrogen-bond donors (Lipinski definition) is 1. The molecule has 0 bridgehead atoms. The van der Waals surface area contributed by atoms with Gasteiger partial charge in [0.05, 0.1) is 12.2 Å². The van der Waals surface area contributed by atoms with Gasteiger partial charge in [0.15, 0.2) is 0 Å². The Morgan fingerprint density at radius 3 is 2.68 bits per heavy atom. The average molecular weight is 258 g/mol. The van der Waals surface area contributed by atoms with E-state index in [1.807, 2.05) is 10.9 Å². The van der Waals surface area contributed by atoms with Gasteiger partial charge in [-0.1, -0.05) is 0 Å². The minimum Gasteiger partial charge on any atom is -0.379 e. The van der Waals surface area contributed by atoms with E-state index in [2.05, 4.69) is 67.5 Å². The zero-order chi connectivity index (χ0) is 13.8. The number of rotatable bonds is 5. The molecule has 0 aliphatic carbocycles. The lowest BCUT2D eigenvalue weighted by Crippen LogP contribution is -2.10. The molecule has 1 N–H and O–H groups in total. The molecule has 1 heterocycles. The van der Waals surface area contributed by atoms with E-state index >= 15 is 0 Å². The number of anilines is 2. The van der Waals surface area contributed by atoms with Crippen molar-refractivity contribution in [1.29, 1.82) is 0 Å². The second-order valence-corrected chi connectivity index (χ2v) is 4.89. The number of nitrogens with one attached hydrogen (secondary N) is 1. The fourth-order valence-corrected chi connectivity index (χ4v) is 2.11. The molecule has 0 saturated carbocycles. The molecule has 2 rings (SSSR count). The number of aromatic nitrogens is 2. The maximum absolute atomic E-state index is 4.28. The summed E-state index contributed by atoms with van der Waals surface area (Å²) < 4.78 is 2.01. The van der Waals surface area contributed by atoms with Crippen LogP contribution in [-0.2, 0) is 13.1 Å². The van der Waals surface area contributed by atoms with E-state index in [4.69, 9.17) is 0 Å². The lowest BCUT2D eigenvalue weighted by molar-refractivity contribution is 0.627. The molecule has 0 amide bonds. The van der Waals surface area contributed by atoms with E-state index in [1.54, 1.807) is 0 Å². The van der Waals surface area contributed by atoms with Crippen LogP contribution in [0.2, 0.25) is 0 Å². The van der Waals surface area contributed by atoms with Crippen LogP contribution >= 0.6 is 0 Å². The number of hydrogen-bond acceptors (Lipinski definition) is 3. The van der Waals surface area contributed by atoms with Crippen LogP contribution in [0.25, 0.3) is 0 Å². The van der Waals surface area contributed by atoms with Crippen molar-refractivity contribution in [2.75, 3.05) is 24.3 Å². The van der Waals surface area contributed by atoms with Crippen LogP contribution in [0, 0.1) is 6.92 Å². The highest BCUT2D eigenvalue weighted by Gasteiger charge is 2.04. The molecule has 0 saturated heterocycles. The molecule has 0 spiro atoms. The zero-order valence-corrected chi connectivity index (χ0v) is 12.1. The summed E-state index contributed by atoms with van der Waals surface area (Å²) in [6.45, 7) is 5.94. The van der Waals surface area contributed by atoms with E-state index < -0.39 is 0 Å². The van der Waals surface area contributed by atoms with E-state index in [-0.39, 0.29) is 0 Å². The van der Waals surface area contributed by atoms with Crippen LogP contribution in [-0.4, -0.2) is 23.9 Å². The Morgan fingerprint density at radius 2 is 2.05 bits per heavy atom. The van der Waals surface area contributed by atoms with Crippen molar-refractivity contribution in [3.63, 3.8) is 0 Å². The summed E-state index contributed by atoms with van der Waals surface area (Å²) >= 11 is 0. The van der Waals surface area contributed by atoms with Gasteiger partial charge in [-0.2, -0.15) is 5.10 Å². The van der Waals surface area contributed by atoms with Crippen molar-refractivity contribution in [1.82, 2.24) is 9.78 Å². The van der Waals surface area contributed by atoms with Gasteiger partial charge in [0.2, 0.25) is 0 Å². The standard InChI is InChI=1S/C15H22N4/c1-5-19-14(8-9-17-19)11-16-15-7-6-13(18(3)4)10-12(15)2/h6-10,16H,5,11H2,1-4H3. The first kappa shape index (κ1) is 13.5. The maximum Gasteiger partial charge on any atom is 0.0575 e. The fourth-order valence-electron chi connectivity index (χ4n) is 2.11. The third-order valence-electron chi connectivity index (χ3n) is 3.29. The van der Waals surface area contributed by atoms with Crippen LogP contribution in [0.4, 0.5) is 11.4 Å². The SMILES string of the molecule is CCn1nccc1CNc1ccc(N(C)C)cc1C. The average Bonchev–Trinajstić information content (AvgIpc) is 2.84. The number of benzene rings is 1. The molecule has 4 heteroatoms. The van der Waals surface area contributed by atoms with Crippen LogP contribution in [0.5, 0.6) is 0 Å². The van der Waals surface area contributed by atoms with Crippen molar-refractivity contribution >= 4 is 11.4 Å². The first-order valence-electron chi connectivity index (χ1n) is 6.64. The van der Waals surface area contributed by atoms with Crippen molar-refractivity contribution < 1.29 is 0 Å². The molecular formula is C15H22N4. The van der Waals surface area contributed by atoms with Crippen molar-refractivity contribution in [3.05, 3.63) is 41.7 Å². The van der Waals surface area contributed by atoms with Crippen molar-refractivity contribution in [2.24, 2.45) is 0 Å². The second kappa shape index (κ2) is 5.78. The molecule has 0 radical (unpaired) electrons. The molecule has 1 aromatic heterocycles. The predicted molar refractivity (Wildman–Crippen MR) is 80.7 cm³/mol. The Bertz CT molecular complexity index is 543. The van der Waals surface area contributed by atoms with E-state index in [0.29, 0.717) is 0 Å². The third-order valence-corrected chi connectivity index (χ3v) is 3.29. The molecule has 1 aromatic carbocycles. The van der Waals surface area contributed by atoms with Crippen LogP contribution in [0.15, 0.2) is 30.5 Å². The highest BCUT2D eigenvalue weighted by molar-refractivity contribution is 5.59. The van der Waals surface area contributed by atoms with Gasteiger partial charge >= 0.3 is 0 Å². The minimum atomic E-state index is 0.802. The summed E-state index contributed by atoms with van der Waals surface area (Å²) in [5.74, 6) is 0. The monoisotopic (exact) mass is 258 g/mol. The predicted octanol–water partition coefficient (Wildman–Crippen LogP) is 2.89. The summed E-state index contributed by atoms with van der Waals surface area (Å²) in [6, 6.07) is 8.52. The molecule has 19 heavy (non-hydrogen) atoms. The molecule has 0 unspecified atom stereocenters. The van der Waals surface area contributed by atoms with Crippen molar-refractivity contribution in [2.45, 2.75) is 26.9 Å². The second-order valence-electron chi connectivity index (χ2n) is 4.89. The maximum atomic E-state index is 4.28. The smallest absolute Gasteiger partial charge is 0.0575 e. The topological polar surface area (TPSA) is 33.1 Å². The first-order chi connectivity index (χ1) is 9.11. The minimum absolute atomic E-state index is 0.802. The summed E-state index contributed by atoms with van der Waals surface area (Å²) in [5, 5.41) is 7.75. The van der Waals surface area contributed by atoms with Gasteiger partial charge in [-0.25, -0.2) is 0 Å². The van der Waals surface area contributed by atoms with Crippen LogP contribution in [0.1, 0.15) is 18.2 Å². The molecule has 0 fully saturated rings. The van der Waals surface area contributed by atoms with Gasteiger partial charge in [0.1, 0.15) is 0 Å². The summed E-state index contributed by atoms with van der Waals surface area (Å²) in [4.78, 5) is 2.11. The molecule has 4 nitrogen and oxygen atoms in total. The van der Waals surface area contributed by atoms with E-state index in [1.165, 1.54) is 22.6 Å². The Labute approximate surface area is 115 Å². The number of aryl methyl sites for hydroxylation is 2. The quantitative estimate of drug-likeness (QED) is 0.895. The Morgan fingerprint density at radius 1 is 1.26 bits per heavy atom. The highest BCUT2D eigenvalue weighted by atomic mass is 15.3. The van der Waals surface area contributed by atoms with Gasteiger partial charge in [0, 0.05) is 38.2 Å². The summed E-state index contributed by atoms with van der Waals surface area (Å²) in [7, 11) is 4.11. The van der Waals surface area contributed by atoms with Crippen LogP contribution < -0.4 is 10.2 Å². The first-order valence-corrected chi connectivity index (χ1v) is 6.64. The Hall–Kier alpha value is -1.97. The largest absolute Gasteiger partial charge is 0.379 e. The van der Waals surface area contributed by atoms with Gasteiger partial charge in [-0.15, -0.1) is 0 Å². The molecule has 102 valence electrons. The number of nitrogens with zero attached hydrogens (tertiary/aromatic N) is 3. The molecular weight excluding hydrogens is 236 g/mol. The summed E-state index contributed by atoms with van der Waals surface area (Å²) in [6.07, 6.45) is 1.85. The molecule has 0 atom stereocenters. The molecule has 2 aromatic rings. The van der Waals surface area contributed by atoms with E-state index in [9.17, 15) is 0 Å². The lowest BCUT2D eigenvalue weighted by atomic mass is 10.1. The Balaban J connectivity index is 2.08. The normalized spacial score (nSPS) is 10.5. The van der Waals surface area contributed by atoms with Gasteiger partial charge in [0.25, 0.3) is 0 Å². The fraction of sp³-hybridized carbons (Fsp3) is 0.400. The molecule has 0 aliphatic heterocycles. The Kier molecular flexibility index (Phi) is 4.10. The van der Waals surface area contributed by atoms with E-state index in [0.717, 1.165) is 13.1 Å². The lowest BCUT2D eigenvalue weighted by Gasteiger charge is -2.16. The van der Waals surface area contributed by atoms with Crippen molar-refractivity contribution in [3.8, 4) is 0 Å². The van der Waals surface area contributed by atoms with Gasteiger partial charge in [-0.05, 0) is 43.7 Å². The highest BCUT2D eigenvalue weighted by Crippen LogP contribution is 2.21.